The van der Waals surface area contributed by atoms with Crippen LogP contribution in [0.4, 0.5) is 5.69 Å². The molecule has 0 aromatic heterocycles. The van der Waals surface area contributed by atoms with Gasteiger partial charge in [-0.1, -0.05) is 23.7 Å². The normalized spacial score (nSPS) is 20.1. The van der Waals surface area contributed by atoms with Crippen molar-refractivity contribution >= 4 is 17.3 Å². The molecule has 0 spiro atoms. The van der Waals surface area contributed by atoms with E-state index in [1.165, 1.54) is 19.4 Å². The Morgan fingerprint density at radius 2 is 2.21 bits per heavy atom. The van der Waals surface area contributed by atoms with E-state index < -0.39 is 0 Å². The molecule has 1 unspecified atom stereocenters. The van der Waals surface area contributed by atoms with Crippen molar-refractivity contribution < 1.29 is 0 Å². The highest BCUT2D eigenvalue weighted by Gasteiger charge is 2.21. The number of rotatable bonds is 6. The molecule has 1 aliphatic heterocycles. The zero-order valence-corrected chi connectivity index (χ0v) is 12.7. The largest absolute Gasteiger partial charge is 0.383 e. The van der Waals surface area contributed by atoms with Crippen LogP contribution in [0.25, 0.3) is 0 Å². The Morgan fingerprint density at radius 3 is 2.89 bits per heavy atom. The van der Waals surface area contributed by atoms with Gasteiger partial charge in [0.15, 0.2) is 0 Å². The zero-order chi connectivity index (χ0) is 13.7. The molecule has 1 heterocycles. The van der Waals surface area contributed by atoms with Crippen LogP contribution in [-0.2, 0) is 0 Å². The van der Waals surface area contributed by atoms with Crippen molar-refractivity contribution in [1.29, 1.82) is 0 Å². The van der Waals surface area contributed by atoms with Crippen LogP contribution in [0.5, 0.6) is 0 Å². The van der Waals surface area contributed by atoms with Gasteiger partial charge in [0.05, 0.1) is 10.7 Å². The third-order valence-electron chi connectivity index (χ3n) is 3.88. The van der Waals surface area contributed by atoms with Gasteiger partial charge in [-0.05, 0) is 45.6 Å². The van der Waals surface area contributed by atoms with Gasteiger partial charge < -0.3 is 15.1 Å². The Morgan fingerprint density at radius 1 is 1.42 bits per heavy atom. The molecule has 0 amide bonds. The van der Waals surface area contributed by atoms with Crippen molar-refractivity contribution in [1.82, 2.24) is 9.80 Å². The highest BCUT2D eigenvalue weighted by molar-refractivity contribution is 6.33. The van der Waals surface area contributed by atoms with E-state index in [1.54, 1.807) is 0 Å². The summed E-state index contributed by atoms with van der Waals surface area (Å²) < 4.78 is 0. The second-order valence-electron chi connectivity index (χ2n) is 5.45. The van der Waals surface area contributed by atoms with Crippen molar-refractivity contribution in [3.8, 4) is 0 Å². The maximum atomic E-state index is 6.11. The smallest absolute Gasteiger partial charge is 0.0637 e. The minimum absolute atomic E-state index is 0.727. The Balaban J connectivity index is 1.69. The van der Waals surface area contributed by atoms with Crippen LogP contribution < -0.4 is 5.32 Å². The third-order valence-corrected chi connectivity index (χ3v) is 4.21. The number of hydrogen-bond donors (Lipinski definition) is 1. The summed E-state index contributed by atoms with van der Waals surface area (Å²) in [6.07, 6.45) is 2.67. The number of likely N-dealkylation sites (N-methyl/N-ethyl adjacent to an activating group) is 2. The second kappa shape index (κ2) is 7.13. The summed E-state index contributed by atoms with van der Waals surface area (Å²) in [6, 6.07) is 8.63. The molecule has 2 rings (SSSR count). The number of hydrogen-bond acceptors (Lipinski definition) is 3. The molecule has 1 fully saturated rings. The lowest BCUT2D eigenvalue weighted by molar-refractivity contribution is 0.224. The van der Waals surface area contributed by atoms with Crippen LogP contribution in [-0.4, -0.2) is 56.1 Å². The number of para-hydroxylation sites is 1. The number of halogens is 1. The Kier molecular flexibility index (Phi) is 5.49. The van der Waals surface area contributed by atoms with Gasteiger partial charge in [0.25, 0.3) is 0 Å². The molecule has 1 atom stereocenters. The van der Waals surface area contributed by atoms with Gasteiger partial charge in [0, 0.05) is 25.7 Å². The molecule has 106 valence electrons. The van der Waals surface area contributed by atoms with Gasteiger partial charge >= 0.3 is 0 Å². The van der Waals surface area contributed by atoms with Crippen molar-refractivity contribution in [2.45, 2.75) is 18.9 Å². The molecule has 0 radical (unpaired) electrons. The van der Waals surface area contributed by atoms with Crippen LogP contribution in [0.1, 0.15) is 12.8 Å². The number of nitrogens with one attached hydrogen (secondary N) is 1. The Bertz CT molecular complexity index is 397. The minimum Gasteiger partial charge on any atom is -0.383 e. The van der Waals surface area contributed by atoms with Crippen LogP contribution in [0.3, 0.4) is 0 Å². The van der Waals surface area contributed by atoms with Crippen molar-refractivity contribution in [3.05, 3.63) is 29.3 Å². The highest BCUT2D eigenvalue weighted by atomic mass is 35.5. The van der Waals surface area contributed by atoms with Gasteiger partial charge in [-0.15, -0.1) is 0 Å². The third kappa shape index (κ3) is 4.37. The van der Waals surface area contributed by atoms with Crippen LogP contribution in [0.2, 0.25) is 5.02 Å². The summed E-state index contributed by atoms with van der Waals surface area (Å²) >= 11 is 6.11. The SMILES string of the molecule is CN(CCNc1ccccc1Cl)CC1CCCN1C. The lowest BCUT2D eigenvalue weighted by Crippen LogP contribution is -2.38. The van der Waals surface area contributed by atoms with E-state index in [1.807, 2.05) is 24.3 Å². The molecular weight excluding hydrogens is 258 g/mol. The van der Waals surface area contributed by atoms with Gasteiger partial charge in [-0.3, -0.25) is 0 Å². The molecule has 19 heavy (non-hydrogen) atoms. The summed E-state index contributed by atoms with van der Waals surface area (Å²) in [7, 11) is 4.42. The predicted molar refractivity (Wildman–Crippen MR) is 83.1 cm³/mol. The molecule has 0 saturated carbocycles. The molecule has 1 aliphatic rings. The fourth-order valence-corrected chi connectivity index (χ4v) is 2.85. The maximum absolute atomic E-state index is 6.11. The standard InChI is InChI=1S/C15H24ClN3/c1-18(12-13-6-5-10-19(13)2)11-9-17-15-8-4-3-7-14(15)16/h3-4,7-8,13,17H,5-6,9-12H2,1-2H3. The fourth-order valence-electron chi connectivity index (χ4n) is 2.65. The Hall–Kier alpha value is -0.770. The van der Waals surface area contributed by atoms with Gasteiger partial charge in [0.1, 0.15) is 0 Å². The molecule has 1 saturated heterocycles. The first-order chi connectivity index (χ1) is 9.16. The van der Waals surface area contributed by atoms with E-state index >= 15 is 0 Å². The number of benzene rings is 1. The maximum Gasteiger partial charge on any atom is 0.0637 e. The number of anilines is 1. The molecule has 0 bridgehead atoms. The van der Waals surface area contributed by atoms with Crippen molar-refractivity contribution in [2.24, 2.45) is 0 Å². The van der Waals surface area contributed by atoms with E-state index in [-0.39, 0.29) is 0 Å². The zero-order valence-electron chi connectivity index (χ0n) is 11.9. The van der Waals surface area contributed by atoms with E-state index in [0.29, 0.717) is 0 Å². The first-order valence-corrected chi connectivity index (χ1v) is 7.42. The van der Waals surface area contributed by atoms with Gasteiger partial charge in [-0.25, -0.2) is 0 Å². The summed E-state index contributed by atoms with van der Waals surface area (Å²) in [5.41, 5.74) is 1.02. The van der Waals surface area contributed by atoms with Crippen molar-refractivity contribution in [3.63, 3.8) is 0 Å². The lowest BCUT2D eigenvalue weighted by atomic mass is 10.2. The van der Waals surface area contributed by atoms with Crippen LogP contribution in [0, 0.1) is 0 Å². The molecule has 1 aromatic carbocycles. The monoisotopic (exact) mass is 281 g/mol. The molecule has 0 aliphatic carbocycles. The predicted octanol–water partition coefficient (Wildman–Crippen LogP) is 2.78. The summed E-state index contributed by atoms with van der Waals surface area (Å²) in [5, 5.41) is 4.19. The molecular formula is C15H24ClN3. The van der Waals surface area contributed by atoms with Crippen LogP contribution in [0.15, 0.2) is 24.3 Å². The lowest BCUT2D eigenvalue weighted by Gasteiger charge is -2.26. The van der Waals surface area contributed by atoms with Gasteiger partial charge in [-0.2, -0.15) is 0 Å². The summed E-state index contributed by atoms with van der Waals surface area (Å²) in [6.45, 7) is 4.36. The second-order valence-corrected chi connectivity index (χ2v) is 5.85. The molecule has 1 aromatic rings. The molecule has 4 heteroatoms. The quantitative estimate of drug-likeness (QED) is 0.865. The van der Waals surface area contributed by atoms with E-state index in [0.717, 1.165) is 36.4 Å². The van der Waals surface area contributed by atoms with E-state index in [4.69, 9.17) is 11.6 Å². The number of likely N-dealkylation sites (tertiary alicyclic amines) is 1. The molecule has 1 N–H and O–H groups in total. The number of nitrogens with zero attached hydrogens (tertiary/aromatic N) is 2. The first-order valence-electron chi connectivity index (χ1n) is 7.04. The fraction of sp³-hybridized carbons (Fsp3) is 0.600. The average Bonchev–Trinajstić information content (AvgIpc) is 2.77. The van der Waals surface area contributed by atoms with Gasteiger partial charge in [0.2, 0.25) is 0 Å². The minimum atomic E-state index is 0.727. The molecule has 3 nitrogen and oxygen atoms in total. The topological polar surface area (TPSA) is 18.5 Å². The first kappa shape index (κ1) is 14.6. The summed E-state index contributed by atoms with van der Waals surface area (Å²) in [5.74, 6) is 0. The van der Waals surface area contributed by atoms with Crippen molar-refractivity contribution in [2.75, 3.05) is 45.6 Å². The average molecular weight is 282 g/mol. The van der Waals surface area contributed by atoms with E-state index in [2.05, 4.69) is 29.2 Å². The van der Waals surface area contributed by atoms with E-state index in [9.17, 15) is 0 Å². The highest BCUT2D eigenvalue weighted by Crippen LogP contribution is 2.20. The Labute approximate surface area is 121 Å². The summed E-state index contributed by atoms with van der Waals surface area (Å²) in [4.78, 5) is 4.87. The van der Waals surface area contributed by atoms with Crippen LogP contribution >= 0.6 is 11.6 Å².